The van der Waals surface area contributed by atoms with Crippen molar-refractivity contribution >= 4 is 40.9 Å². The van der Waals surface area contributed by atoms with Crippen LogP contribution in [0, 0.1) is 0 Å². The first kappa shape index (κ1) is 46.0. The highest BCUT2D eigenvalue weighted by Crippen LogP contribution is 2.40. The summed E-state index contributed by atoms with van der Waals surface area (Å²) in [6.07, 6.45) is 1.73. The molecule has 6 nitrogen and oxygen atoms in total. The van der Waals surface area contributed by atoms with Gasteiger partial charge < -0.3 is 10.6 Å². The summed E-state index contributed by atoms with van der Waals surface area (Å²) in [5.74, 6) is 0.801. The van der Waals surface area contributed by atoms with Crippen LogP contribution in [0.2, 0.25) is 0 Å². The van der Waals surface area contributed by atoms with Crippen LogP contribution in [0.4, 0.5) is 27.5 Å². The lowest BCUT2D eigenvalue weighted by molar-refractivity contribution is -0.116. The number of para-hydroxylation sites is 4. The van der Waals surface area contributed by atoms with E-state index in [0.717, 1.165) is 67.3 Å². The molecule has 312 valence electrons. The molecule has 4 aromatic carbocycles. The molecular formula is C52H72N4O2. The van der Waals surface area contributed by atoms with Gasteiger partial charge in [-0.05, 0) is 91.9 Å². The second-order valence-electron chi connectivity index (χ2n) is 18.4. The highest BCUT2D eigenvalue weighted by Gasteiger charge is 2.36. The van der Waals surface area contributed by atoms with E-state index in [9.17, 15) is 0 Å². The summed E-state index contributed by atoms with van der Waals surface area (Å²) in [6.45, 7) is 34.5. The van der Waals surface area contributed by atoms with Gasteiger partial charge in [-0.25, -0.2) is 4.79 Å². The number of hydrogen-bond donors (Lipinski definition) is 2. The quantitative estimate of drug-likeness (QED) is 0.118. The summed E-state index contributed by atoms with van der Waals surface area (Å²) >= 11 is 0. The molecular weight excluding hydrogens is 713 g/mol. The number of amides is 3. The van der Waals surface area contributed by atoms with Crippen molar-refractivity contribution in [3.63, 3.8) is 0 Å². The van der Waals surface area contributed by atoms with Gasteiger partial charge in [-0.2, -0.15) is 0 Å². The molecule has 6 heteroatoms. The number of rotatable bonds is 15. The summed E-state index contributed by atoms with van der Waals surface area (Å²) in [4.78, 5) is 38.3. The molecule has 0 aliphatic carbocycles. The Kier molecular flexibility index (Phi) is 15.7. The number of hydrogen-bond acceptors (Lipinski definition) is 3. The molecule has 1 unspecified atom stereocenters. The maximum Gasteiger partial charge on any atom is 0.327 e. The van der Waals surface area contributed by atoms with E-state index in [1.807, 2.05) is 0 Å². The van der Waals surface area contributed by atoms with Crippen LogP contribution in [0.15, 0.2) is 77.8 Å². The Labute approximate surface area is 351 Å². The monoisotopic (exact) mass is 785 g/mol. The van der Waals surface area contributed by atoms with Crippen molar-refractivity contribution in [1.82, 2.24) is 0 Å². The van der Waals surface area contributed by atoms with Crippen LogP contribution >= 0.6 is 0 Å². The molecule has 0 aliphatic heterocycles. The fraction of sp³-hybridized carbons (Fsp3) is 0.481. The minimum Gasteiger partial charge on any atom is -0.323 e. The summed E-state index contributed by atoms with van der Waals surface area (Å²) < 4.78 is 0. The van der Waals surface area contributed by atoms with Crippen LogP contribution in [0.1, 0.15) is 203 Å². The van der Waals surface area contributed by atoms with Gasteiger partial charge in [0.2, 0.25) is 0 Å². The Morgan fingerprint density at radius 1 is 0.448 bits per heavy atom. The third kappa shape index (κ3) is 10.3. The van der Waals surface area contributed by atoms with Crippen LogP contribution in [0.3, 0.4) is 0 Å². The van der Waals surface area contributed by atoms with Gasteiger partial charge in [0.05, 0.1) is 11.4 Å². The smallest absolute Gasteiger partial charge is 0.323 e. The van der Waals surface area contributed by atoms with Crippen molar-refractivity contribution in [2.45, 2.75) is 164 Å². The van der Waals surface area contributed by atoms with E-state index < -0.39 is 6.04 Å². The van der Waals surface area contributed by atoms with Crippen LogP contribution < -0.4 is 15.5 Å². The molecule has 58 heavy (non-hydrogen) atoms. The average Bonchev–Trinajstić information content (AvgIpc) is 3.15. The minimum absolute atomic E-state index is 0.0576. The molecule has 1 atom stereocenters. The molecule has 0 aromatic heterocycles. The topological polar surface area (TPSA) is 73.8 Å². The first-order valence-electron chi connectivity index (χ1n) is 21.7. The van der Waals surface area contributed by atoms with Gasteiger partial charge in [0.15, 0.2) is 6.04 Å². The first-order chi connectivity index (χ1) is 27.3. The Morgan fingerprint density at radius 2 is 0.741 bits per heavy atom. The predicted molar refractivity (Wildman–Crippen MR) is 251 cm³/mol. The fourth-order valence-electron chi connectivity index (χ4n) is 7.97. The Balaban J connectivity index is 2.15. The van der Waals surface area contributed by atoms with Crippen LogP contribution in [0.25, 0.3) is 0 Å². The van der Waals surface area contributed by atoms with Gasteiger partial charge in [-0.3, -0.25) is 14.7 Å². The van der Waals surface area contributed by atoms with Gasteiger partial charge in [0.1, 0.15) is 0 Å². The SMILES string of the molecule is CC(C)c1cccc(C(C)C)c1N=CC(C(=O)Nc1c(C(C)C)cccc1C(C)C)N(C(=O)Nc1c(C(C)C)cccc1C(C)C)c1c(C(C)C)cccc1C(C)C. The van der Waals surface area contributed by atoms with E-state index in [2.05, 4.69) is 194 Å². The summed E-state index contributed by atoms with van der Waals surface area (Å²) in [6, 6.07) is 23.6. The summed E-state index contributed by atoms with van der Waals surface area (Å²) in [7, 11) is 0. The van der Waals surface area contributed by atoms with E-state index in [-0.39, 0.29) is 59.3 Å². The number of aliphatic imine (C=N–C) groups is 1. The van der Waals surface area contributed by atoms with Crippen molar-refractivity contribution in [1.29, 1.82) is 0 Å². The number of carbonyl (C=O) groups excluding carboxylic acids is 2. The zero-order chi connectivity index (χ0) is 43.2. The molecule has 0 saturated heterocycles. The van der Waals surface area contributed by atoms with E-state index in [0.29, 0.717) is 0 Å². The Hall–Kier alpha value is -4.71. The average molecular weight is 785 g/mol. The van der Waals surface area contributed by atoms with Crippen molar-refractivity contribution in [2.75, 3.05) is 15.5 Å². The van der Waals surface area contributed by atoms with Crippen LogP contribution in [-0.2, 0) is 4.79 Å². The lowest BCUT2D eigenvalue weighted by Gasteiger charge is -2.35. The molecule has 0 saturated carbocycles. The standard InChI is InChI=1S/C52H72N4O2/c1-30(2)38-21-17-22-39(31(3)4)47(38)53-29-46(51(57)54-48-40(32(5)6)23-18-24-41(48)33(7)8)56(50-44(36(13)14)27-20-28-45(50)37(15)16)52(58)55-49-42(34(9)10)25-19-26-43(49)35(11)12/h17-37,46H,1-16H3,(H,54,57)(H,55,58). The molecule has 4 rings (SSSR count). The molecule has 4 aromatic rings. The summed E-state index contributed by atoms with van der Waals surface area (Å²) in [5.41, 5.74) is 11.6. The molecule has 0 bridgehead atoms. The molecule has 0 heterocycles. The van der Waals surface area contributed by atoms with E-state index in [1.54, 1.807) is 11.1 Å². The van der Waals surface area contributed by atoms with E-state index >= 15 is 9.59 Å². The van der Waals surface area contributed by atoms with E-state index in [1.165, 1.54) is 0 Å². The number of carbonyl (C=O) groups is 2. The molecule has 0 spiro atoms. The Morgan fingerprint density at radius 3 is 1.07 bits per heavy atom. The maximum absolute atomic E-state index is 15.7. The van der Waals surface area contributed by atoms with Crippen LogP contribution in [-0.4, -0.2) is 24.2 Å². The maximum atomic E-state index is 15.7. The highest BCUT2D eigenvalue weighted by atomic mass is 16.2. The van der Waals surface area contributed by atoms with Crippen molar-refractivity contribution in [3.05, 3.63) is 117 Å². The van der Waals surface area contributed by atoms with Gasteiger partial charge in [0, 0.05) is 17.6 Å². The molecule has 0 fully saturated rings. The predicted octanol–water partition coefficient (Wildman–Crippen LogP) is 15.1. The third-order valence-corrected chi connectivity index (χ3v) is 11.3. The van der Waals surface area contributed by atoms with Crippen molar-refractivity contribution < 1.29 is 9.59 Å². The first-order valence-corrected chi connectivity index (χ1v) is 21.7. The van der Waals surface area contributed by atoms with Crippen molar-refractivity contribution in [2.24, 2.45) is 4.99 Å². The third-order valence-electron chi connectivity index (χ3n) is 11.3. The highest BCUT2D eigenvalue weighted by molar-refractivity contribution is 6.17. The van der Waals surface area contributed by atoms with Gasteiger partial charge in [0.25, 0.3) is 5.91 Å². The number of anilines is 3. The lowest BCUT2D eigenvalue weighted by Crippen LogP contribution is -2.51. The van der Waals surface area contributed by atoms with Gasteiger partial charge in [-0.15, -0.1) is 0 Å². The summed E-state index contributed by atoms with van der Waals surface area (Å²) in [5, 5.41) is 6.86. The zero-order valence-corrected chi connectivity index (χ0v) is 38.4. The number of nitrogens with one attached hydrogen (secondary N) is 2. The van der Waals surface area contributed by atoms with E-state index in [4.69, 9.17) is 4.99 Å². The zero-order valence-electron chi connectivity index (χ0n) is 38.4. The lowest BCUT2D eigenvalue weighted by atomic mass is 9.90. The number of urea groups is 1. The fourth-order valence-corrected chi connectivity index (χ4v) is 7.97. The van der Waals surface area contributed by atoms with Gasteiger partial charge in [-0.1, -0.05) is 184 Å². The minimum atomic E-state index is -1.13. The van der Waals surface area contributed by atoms with Crippen LogP contribution in [0.5, 0.6) is 0 Å². The number of nitrogens with zero attached hydrogens (tertiary/aromatic N) is 2. The molecule has 2 N–H and O–H groups in total. The van der Waals surface area contributed by atoms with Gasteiger partial charge >= 0.3 is 6.03 Å². The second-order valence-corrected chi connectivity index (χ2v) is 18.4. The normalized spacial score (nSPS) is 12.7. The Bertz CT molecular complexity index is 1960. The molecule has 3 amide bonds. The molecule has 0 radical (unpaired) electrons. The largest absolute Gasteiger partial charge is 0.327 e. The van der Waals surface area contributed by atoms with Crippen molar-refractivity contribution in [3.8, 4) is 0 Å². The molecule has 0 aliphatic rings. The number of benzene rings is 4. The second kappa shape index (κ2) is 19.8.